The van der Waals surface area contributed by atoms with Gasteiger partial charge < -0.3 is 5.32 Å². The van der Waals surface area contributed by atoms with Gasteiger partial charge in [0.2, 0.25) is 0 Å². The lowest BCUT2D eigenvalue weighted by atomic mass is 9.80. The number of aromatic nitrogens is 6. The van der Waals surface area contributed by atoms with E-state index in [0.29, 0.717) is 12.0 Å². The molecule has 1 aliphatic rings. The largest absolute Gasteiger partial charge is 0.367 e. The van der Waals surface area contributed by atoms with Crippen molar-refractivity contribution < 1.29 is 0 Å². The molecule has 0 atom stereocenters. The van der Waals surface area contributed by atoms with Gasteiger partial charge in [-0.1, -0.05) is 5.21 Å². The molecule has 0 aromatic carbocycles. The van der Waals surface area contributed by atoms with E-state index in [1.807, 2.05) is 33.7 Å². The van der Waals surface area contributed by atoms with Gasteiger partial charge in [0.05, 0.1) is 12.4 Å². The molecular weight excluding hydrogens is 254 g/mol. The van der Waals surface area contributed by atoms with Crippen LogP contribution in [0.3, 0.4) is 0 Å². The zero-order valence-electron chi connectivity index (χ0n) is 10.9. The van der Waals surface area contributed by atoms with Crippen LogP contribution in [0.2, 0.25) is 0 Å². The van der Waals surface area contributed by atoms with Crippen LogP contribution in [-0.2, 0) is 6.54 Å². The number of nitrogens with one attached hydrogen (secondary N) is 1. The molecule has 0 bridgehead atoms. The molecule has 1 N–H and O–H groups in total. The summed E-state index contributed by atoms with van der Waals surface area (Å²) in [4.78, 5) is 4.26. The van der Waals surface area contributed by atoms with Gasteiger partial charge in [-0.15, -0.1) is 5.10 Å². The molecule has 20 heavy (non-hydrogen) atoms. The second-order valence-electron chi connectivity index (χ2n) is 5.24. The van der Waals surface area contributed by atoms with E-state index >= 15 is 0 Å². The van der Waals surface area contributed by atoms with Gasteiger partial charge in [-0.25, -0.2) is 4.98 Å². The number of fused-ring (bicyclic) bond motifs is 1. The van der Waals surface area contributed by atoms with E-state index in [-0.39, 0.29) is 0 Å². The normalized spacial score (nSPS) is 21.8. The molecular formula is C13H15N7. The summed E-state index contributed by atoms with van der Waals surface area (Å²) in [7, 11) is 0. The molecule has 0 unspecified atom stereocenters. The van der Waals surface area contributed by atoms with Crippen molar-refractivity contribution in [2.24, 2.45) is 5.92 Å². The Morgan fingerprint density at radius 2 is 2.15 bits per heavy atom. The van der Waals surface area contributed by atoms with Gasteiger partial charge in [-0.2, -0.15) is 9.61 Å². The Balaban J connectivity index is 1.38. The van der Waals surface area contributed by atoms with Gasteiger partial charge >= 0.3 is 0 Å². The lowest BCUT2D eigenvalue weighted by Gasteiger charge is -2.36. The molecule has 3 aromatic rings. The third-order valence-electron chi connectivity index (χ3n) is 3.80. The highest BCUT2D eigenvalue weighted by molar-refractivity contribution is 5.47. The van der Waals surface area contributed by atoms with Crippen LogP contribution in [0.5, 0.6) is 0 Å². The second-order valence-corrected chi connectivity index (χ2v) is 5.24. The van der Waals surface area contributed by atoms with Crippen LogP contribution in [0.4, 0.5) is 5.82 Å². The lowest BCUT2D eigenvalue weighted by Crippen LogP contribution is -2.38. The summed E-state index contributed by atoms with van der Waals surface area (Å²) in [5.74, 6) is 1.67. The molecule has 1 aliphatic carbocycles. The summed E-state index contributed by atoms with van der Waals surface area (Å²) in [6.45, 7) is 0.950. The van der Waals surface area contributed by atoms with E-state index in [0.717, 1.165) is 30.9 Å². The molecule has 0 saturated heterocycles. The first kappa shape index (κ1) is 11.4. The van der Waals surface area contributed by atoms with Gasteiger partial charge in [0.1, 0.15) is 5.82 Å². The molecule has 4 rings (SSSR count). The van der Waals surface area contributed by atoms with Crippen molar-refractivity contribution in [3.63, 3.8) is 0 Å². The highest BCUT2D eigenvalue weighted by Gasteiger charge is 2.29. The van der Waals surface area contributed by atoms with Crippen LogP contribution in [0.1, 0.15) is 12.8 Å². The van der Waals surface area contributed by atoms with Crippen molar-refractivity contribution in [2.75, 3.05) is 5.32 Å². The molecule has 3 aromatic heterocycles. The van der Waals surface area contributed by atoms with Crippen molar-refractivity contribution in [3.05, 3.63) is 36.9 Å². The third-order valence-corrected chi connectivity index (χ3v) is 3.80. The van der Waals surface area contributed by atoms with Gasteiger partial charge in [-0.3, -0.25) is 4.68 Å². The maximum absolute atomic E-state index is 4.28. The Kier molecular flexibility index (Phi) is 2.61. The van der Waals surface area contributed by atoms with Gasteiger partial charge in [0.25, 0.3) is 0 Å². The third kappa shape index (κ3) is 2.01. The molecule has 7 heteroatoms. The van der Waals surface area contributed by atoms with Crippen LogP contribution in [0, 0.1) is 5.92 Å². The number of hydrogen-bond acceptors (Lipinski definition) is 5. The average molecular weight is 269 g/mol. The number of hydrogen-bond donors (Lipinski definition) is 1. The molecule has 0 amide bonds. The summed E-state index contributed by atoms with van der Waals surface area (Å²) in [6.07, 6.45) is 9.50. The van der Waals surface area contributed by atoms with E-state index in [2.05, 4.69) is 25.7 Å². The van der Waals surface area contributed by atoms with Crippen molar-refractivity contribution in [1.82, 2.24) is 29.6 Å². The average Bonchev–Trinajstić information content (AvgIpc) is 3.07. The van der Waals surface area contributed by atoms with Crippen molar-refractivity contribution >= 4 is 11.5 Å². The predicted octanol–water partition coefficient (Wildman–Crippen LogP) is 1.21. The fourth-order valence-corrected chi connectivity index (χ4v) is 2.75. The zero-order chi connectivity index (χ0) is 13.4. The molecule has 1 fully saturated rings. The highest BCUT2D eigenvalue weighted by atomic mass is 15.4. The van der Waals surface area contributed by atoms with Crippen LogP contribution in [0.25, 0.3) is 5.65 Å². The van der Waals surface area contributed by atoms with Crippen LogP contribution < -0.4 is 5.32 Å². The van der Waals surface area contributed by atoms with E-state index in [9.17, 15) is 0 Å². The topological polar surface area (TPSA) is 72.9 Å². The minimum absolute atomic E-state index is 0.498. The smallest absolute Gasteiger partial charge is 0.157 e. The quantitative estimate of drug-likeness (QED) is 0.770. The minimum atomic E-state index is 0.498. The first-order valence-electron chi connectivity index (χ1n) is 6.78. The number of anilines is 1. The first-order chi connectivity index (χ1) is 9.88. The first-order valence-corrected chi connectivity index (χ1v) is 6.78. The minimum Gasteiger partial charge on any atom is -0.367 e. The number of nitrogens with zero attached hydrogens (tertiary/aromatic N) is 6. The maximum Gasteiger partial charge on any atom is 0.157 e. The Hall–Kier alpha value is -2.44. The highest BCUT2D eigenvalue weighted by Crippen LogP contribution is 2.31. The molecule has 1 saturated carbocycles. The number of rotatable bonds is 4. The SMILES string of the molecule is c1cn(CC2CC(Nc3ccnc4ccnn34)C2)nn1. The summed E-state index contributed by atoms with van der Waals surface area (Å²) in [5.41, 5.74) is 0.869. The van der Waals surface area contributed by atoms with Crippen molar-refractivity contribution in [3.8, 4) is 0 Å². The van der Waals surface area contributed by atoms with Crippen LogP contribution >= 0.6 is 0 Å². The summed E-state index contributed by atoms with van der Waals surface area (Å²) >= 11 is 0. The second kappa shape index (κ2) is 4.59. The summed E-state index contributed by atoms with van der Waals surface area (Å²) < 4.78 is 3.74. The van der Waals surface area contributed by atoms with Crippen LogP contribution in [-0.4, -0.2) is 35.6 Å². The monoisotopic (exact) mass is 269 g/mol. The fourth-order valence-electron chi connectivity index (χ4n) is 2.75. The van der Waals surface area contributed by atoms with Crippen molar-refractivity contribution in [1.29, 1.82) is 0 Å². The maximum atomic E-state index is 4.28. The Labute approximate surface area is 115 Å². The summed E-state index contributed by atoms with van der Waals surface area (Å²) in [5, 5.41) is 15.6. The lowest BCUT2D eigenvalue weighted by molar-refractivity contribution is 0.239. The van der Waals surface area contributed by atoms with Gasteiger partial charge in [0.15, 0.2) is 5.65 Å². The molecule has 0 radical (unpaired) electrons. The standard InChI is InChI=1S/C13H15N7/c1-3-14-12-2-4-16-20(12)13(1)17-11-7-10(8-11)9-19-6-5-15-18-19/h1-6,10-11,17H,7-9H2. The van der Waals surface area contributed by atoms with E-state index in [1.54, 1.807) is 12.4 Å². The van der Waals surface area contributed by atoms with E-state index < -0.39 is 0 Å². The van der Waals surface area contributed by atoms with Gasteiger partial charge in [0, 0.05) is 31.0 Å². The fraction of sp³-hybridized carbons (Fsp3) is 0.385. The molecule has 0 spiro atoms. The molecule has 3 heterocycles. The van der Waals surface area contributed by atoms with Crippen molar-refractivity contribution in [2.45, 2.75) is 25.4 Å². The zero-order valence-corrected chi connectivity index (χ0v) is 10.9. The van der Waals surface area contributed by atoms with E-state index in [4.69, 9.17) is 0 Å². The van der Waals surface area contributed by atoms with Crippen LogP contribution in [0.15, 0.2) is 36.9 Å². The Bertz CT molecular complexity index is 696. The Morgan fingerprint density at radius 1 is 1.20 bits per heavy atom. The van der Waals surface area contributed by atoms with E-state index in [1.165, 1.54) is 0 Å². The molecule has 7 nitrogen and oxygen atoms in total. The predicted molar refractivity (Wildman–Crippen MR) is 73.1 cm³/mol. The Morgan fingerprint density at radius 3 is 3.00 bits per heavy atom. The molecule has 102 valence electrons. The van der Waals surface area contributed by atoms with Gasteiger partial charge in [-0.05, 0) is 24.8 Å². The molecule has 0 aliphatic heterocycles. The summed E-state index contributed by atoms with van der Waals surface area (Å²) in [6, 6.07) is 4.36.